The lowest BCUT2D eigenvalue weighted by Gasteiger charge is -2.31. The van der Waals surface area contributed by atoms with E-state index in [-0.39, 0.29) is 17.3 Å². The molecular formula is C18H23ClN4O3S2. The first kappa shape index (κ1) is 21.2. The number of piperidine rings is 1. The van der Waals surface area contributed by atoms with Gasteiger partial charge in [0.05, 0.1) is 10.8 Å². The molecule has 1 amide bonds. The Morgan fingerprint density at radius 2 is 2.04 bits per heavy atom. The van der Waals surface area contributed by atoms with E-state index in [9.17, 15) is 13.2 Å². The van der Waals surface area contributed by atoms with Crippen molar-refractivity contribution in [3.63, 3.8) is 0 Å². The topological polar surface area (TPSA) is 92.3 Å². The highest BCUT2D eigenvalue weighted by atomic mass is 35.5. The third-order valence-electron chi connectivity index (χ3n) is 4.49. The Morgan fingerprint density at radius 1 is 1.32 bits per heavy atom. The normalized spacial score (nSPS) is 18.4. The Balaban J connectivity index is 1.66. The van der Waals surface area contributed by atoms with Crippen molar-refractivity contribution in [2.45, 2.75) is 38.0 Å². The zero-order valence-electron chi connectivity index (χ0n) is 15.8. The van der Waals surface area contributed by atoms with Gasteiger partial charge in [0.25, 0.3) is 0 Å². The number of hydrogen-bond donors (Lipinski definition) is 1. The second-order valence-corrected chi connectivity index (χ2v) is 10.7. The molecule has 0 saturated carbocycles. The van der Waals surface area contributed by atoms with E-state index in [1.165, 1.54) is 27.8 Å². The smallest absolute Gasteiger partial charge is 0.243 e. The number of carbonyl (C=O) groups excluding carboxylic acids is 1. The molecule has 3 rings (SSSR count). The van der Waals surface area contributed by atoms with Gasteiger partial charge in [-0.3, -0.25) is 4.79 Å². The van der Waals surface area contributed by atoms with E-state index in [0.717, 1.165) is 11.4 Å². The van der Waals surface area contributed by atoms with Crippen molar-refractivity contribution in [2.75, 3.05) is 18.4 Å². The molecular weight excluding hydrogens is 420 g/mol. The van der Waals surface area contributed by atoms with Crippen LogP contribution in [0.5, 0.6) is 0 Å². The predicted octanol–water partition coefficient (Wildman–Crippen LogP) is 3.43. The van der Waals surface area contributed by atoms with Gasteiger partial charge in [0, 0.05) is 24.5 Å². The van der Waals surface area contributed by atoms with Crippen LogP contribution in [0.3, 0.4) is 0 Å². The maximum Gasteiger partial charge on any atom is 0.243 e. The SMILES string of the molecule is CC(C)Cc1nnc(NC(=O)C2CCCN(S(=O)(=O)c3ccc(Cl)cc3)C2)s1. The number of anilines is 1. The molecule has 1 unspecified atom stereocenters. The van der Waals surface area contributed by atoms with E-state index in [2.05, 4.69) is 29.4 Å². The number of sulfonamides is 1. The van der Waals surface area contributed by atoms with E-state index in [0.29, 0.717) is 35.5 Å². The summed E-state index contributed by atoms with van der Waals surface area (Å²) < 4.78 is 27.1. The van der Waals surface area contributed by atoms with Gasteiger partial charge in [-0.05, 0) is 43.0 Å². The molecule has 0 spiro atoms. The number of carbonyl (C=O) groups is 1. The van der Waals surface area contributed by atoms with E-state index < -0.39 is 15.9 Å². The van der Waals surface area contributed by atoms with E-state index in [4.69, 9.17) is 11.6 Å². The van der Waals surface area contributed by atoms with Crippen LogP contribution in [0.25, 0.3) is 0 Å². The lowest BCUT2D eigenvalue weighted by atomic mass is 9.99. The largest absolute Gasteiger partial charge is 0.300 e. The molecule has 1 atom stereocenters. The first-order chi connectivity index (χ1) is 13.3. The monoisotopic (exact) mass is 442 g/mol. The fraction of sp³-hybridized carbons (Fsp3) is 0.500. The lowest BCUT2D eigenvalue weighted by Crippen LogP contribution is -2.43. The average Bonchev–Trinajstić information content (AvgIpc) is 3.08. The van der Waals surface area contributed by atoms with Crippen molar-refractivity contribution >= 4 is 44.0 Å². The summed E-state index contributed by atoms with van der Waals surface area (Å²) in [6, 6.07) is 6.07. The van der Waals surface area contributed by atoms with Gasteiger partial charge < -0.3 is 5.32 Å². The molecule has 1 fully saturated rings. The van der Waals surface area contributed by atoms with Crippen LogP contribution in [0.2, 0.25) is 5.02 Å². The zero-order chi connectivity index (χ0) is 20.3. The number of amides is 1. The van der Waals surface area contributed by atoms with Gasteiger partial charge in [0.15, 0.2) is 0 Å². The summed E-state index contributed by atoms with van der Waals surface area (Å²) in [6.07, 6.45) is 2.07. The number of benzene rings is 1. The van der Waals surface area contributed by atoms with E-state index in [1.807, 2.05) is 0 Å². The standard InChI is InChI=1S/C18H23ClN4O3S2/c1-12(2)10-16-21-22-18(27-16)20-17(24)13-4-3-9-23(11-13)28(25,26)15-7-5-14(19)6-8-15/h5-8,12-13H,3-4,9-11H2,1-2H3,(H,20,22,24). The van der Waals surface area contributed by atoms with Crippen LogP contribution in [0.15, 0.2) is 29.2 Å². The second-order valence-electron chi connectivity index (χ2n) is 7.24. The van der Waals surface area contributed by atoms with Crippen LogP contribution < -0.4 is 5.32 Å². The Morgan fingerprint density at radius 3 is 2.71 bits per heavy atom. The van der Waals surface area contributed by atoms with Crippen molar-refractivity contribution in [1.29, 1.82) is 0 Å². The highest BCUT2D eigenvalue weighted by Gasteiger charge is 2.33. The lowest BCUT2D eigenvalue weighted by molar-refractivity contribution is -0.120. The van der Waals surface area contributed by atoms with Gasteiger partial charge in [-0.1, -0.05) is 36.8 Å². The Bertz CT molecular complexity index is 929. The molecule has 1 N–H and O–H groups in total. The number of nitrogens with one attached hydrogen (secondary N) is 1. The fourth-order valence-electron chi connectivity index (χ4n) is 3.07. The van der Waals surface area contributed by atoms with Gasteiger partial charge in [0.1, 0.15) is 5.01 Å². The Kier molecular flexibility index (Phi) is 6.69. The molecule has 1 aromatic heterocycles. The van der Waals surface area contributed by atoms with Crippen LogP contribution >= 0.6 is 22.9 Å². The molecule has 1 aliphatic rings. The fourth-order valence-corrected chi connectivity index (χ4v) is 5.68. The molecule has 10 heteroatoms. The number of rotatable bonds is 6. The number of nitrogens with zero attached hydrogens (tertiary/aromatic N) is 3. The highest BCUT2D eigenvalue weighted by molar-refractivity contribution is 7.89. The summed E-state index contributed by atoms with van der Waals surface area (Å²) in [5.41, 5.74) is 0. The molecule has 28 heavy (non-hydrogen) atoms. The first-order valence-corrected chi connectivity index (χ1v) is 11.8. The Hall–Kier alpha value is -1.55. The molecule has 1 saturated heterocycles. The quantitative estimate of drug-likeness (QED) is 0.739. The zero-order valence-corrected chi connectivity index (χ0v) is 18.1. The molecule has 2 heterocycles. The van der Waals surface area contributed by atoms with Crippen LogP contribution in [-0.2, 0) is 21.2 Å². The molecule has 1 aliphatic heterocycles. The summed E-state index contributed by atoms with van der Waals surface area (Å²) in [5, 5.41) is 12.7. The molecule has 1 aromatic carbocycles. The van der Waals surface area contributed by atoms with Crippen molar-refractivity contribution in [1.82, 2.24) is 14.5 Å². The van der Waals surface area contributed by atoms with Gasteiger partial charge in [-0.2, -0.15) is 4.31 Å². The highest BCUT2D eigenvalue weighted by Crippen LogP contribution is 2.26. The summed E-state index contributed by atoms with van der Waals surface area (Å²) in [6.45, 7) is 4.73. The van der Waals surface area contributed by atoms with Gasteiger partial charge in [-0.25, -0.2) is 8.42 Å². The van der Waals surface area contributed by atoms with Crippen LogP contribution in [-0.4, -0.2) is 41.9 Å². The van der Waals surface area contributed by atoms with Gasteiger partial charge >= 0.3 is 0 Å². The summed E-state index contributed by atoms with van der Waals surface area (Å²) in [7, 11) is -3.66. The predicted molar refractivity (Wildman–Crippen MR) is 110 cm³/mol. The minimum absolute atomic E-state index is 0.147. The average molecular weight is 443 g/mol. The summed E-state index contributed by atoms with van der Waals surface area (Å²) >= 11 is 7.21. The van der Waals surface area contributed by atoms with Crippen LogP contribution in [0.4, 0.5) is 5.13 Å². The van der Waals surface area contributed by atoms with E-state index in [1.54, 1.807) is 12.1 Å². The number of aromatic nitrogens is 2. The van der Waals surface area contributed by atoms with Crippen molar-refractivity contribution in [2.24, 2.45) is 11.8 Å². The number of halogens is 1. The van der Waals surface area contributed by atoms with Gasteiger partial charge in [-0.15, -0.1) is 10.2 Å². The maximum absolute atomic E-state index is 12.9. The maximum atomic E-state index is 12.9. The van der Waals surface area contributed by atoms with Crippen LogP contribution in [0, 0.1) is 11.8 Å². The molecule has 152 valence electrons. The minimum Gasteiger partial charge on any atom is -0.300 e. The molecule has 7 nitrogen and oxygen atoms in total. The van der Waals surface area contributed by atoms with Gasteiger partial charge in [0.2, 0.25) is 21.1 Å². The van der Waals surface area contributed by atoms with Crippen molar-refractivity contribution in [3.05, 3.63) is 34.3 Å². The summed E-state index contributed by atoms with van der Waals surface area (Å²) in [5.74, 6) is -0.182. The third-order valence-corrected chi connectivity index (χ3v) is 7.48. The van der Waals surface area contributed by atoms with Crippen molar-refractivity contribution < 1.29 is 13.2 Å². The molecule has 0 bridgehead atoms. The second kappa shape index (κ2) is 8.86. The number of hydrogen-bond acceptors (Lipinski definition) is 6. The van der Waals surface area contributed by atoms with Crippen molar-refractivity contribution in [3.8, 4) is 0 Å². The van der Waals surface area contributed by atoms with E-state index >= 15 is 0 Å². The Labute approximate surface area is 174 Å². The van der Waals surface area contributed by atoms with Crippen LogP contribution in [0.1, 0.15) is 31.7 Å². The molecule has 2 aromatic rings. The molecule has 0 aliphatic carbocycles. The minimum atomic E-state index is -3.66. The molecule has 0 radical (unpaired) electrons. The third kappa shape index (κ3) is 5.08. The first-order valence-electron chi connectivity index (χ1n) is 9.14. The summed E-state index contributed by atoms with van der Waals surface area (Å²) in [4.78, 5) is 12.8.